The fourth-order valence-electron chi connectivity index (χ4n) is 1.96. The molecule has 0 bridgehead atoms. The maximum Gasteiger partial charge on any atom is 0.325 e. The first kappa shape index (κ1) is 13.1. The Bertz CT molecular complexity index is 541. The van der Waals surface area contributed by atoms with E-state index in [0.717, 1.165) is 5.56 Å². The molecule has 0 unspecified atom stereocenters. The number of nitrogens with one attached hydrogen (secondary N) is 1. The van der Waals surface area contributed by atoms with Gasteiger partial charge in [0.25, 0.3) is 5.91 Å². The Morgan fingerprint density at radius 1 is 1.42 bits per heavy atom. The zero-order valence-corrected chi connectivity index (χ0v) is 10.4. The van der Waals surface area contributed by atoms with Crippen LogP contribution in [0.2, 0.25) is 0 Å². The molecular formula is C13H14N2O4. The number of hydrogen-bond donors (Lipinski definition) is 2. The molecule has 1 aromatic carbocycles. The summed E-state index contributed by atoms with van der Waals surface area (Å²) < 4.78 is 0. The van der Waals surface area contributed by atoms with Gasteiger partial charge in [-0.25, -0.2) is 0 Å². The van der Waals surface area contributed by atoms with Crippen LogP contribution in [-0.4, -0.2) is 40.4 Å². The fourth-order valence-corrected chi connectivity index (χ4v) is 1.96. The van der Waals surface area contributed by atoms with Crippen molar-refractivity contribution < 1.29 is 19.5 Å². The van der Waals surface area contributed by atoms with Crippen molar-refractivity contribution in [2.24, 2.45) is 0 Å². The largest absolute Gasteiger partial charge is 0.480 e. The van der Waals surface area contributed by atoms with E-state index in [-0.39, 0.29) is 12.5 Å². The maximum absolute atomic E-state index is 12.0. The maximum atomic E-state index is 12.0. The first-order chi connectivity index (χ1) is 8.99. The SMILES string of the molecule is C[C@@H](NC(=O)CN1Cc2ccccc2C1=O)C(=O)O. The molecule has 0 saturated carbocycles. The van der Waals surface area contributed by atoms with E-state index in [1.807, 2.05) is 12.1 Å². The Hall–Kier alpha value is -2.37. The zero-order valence-electron chi connectivity index (χ0n) is 10.4. The molecule has 1 atom stereocenters. The second kappa shape index (κ2) is 5.09. The van der Waals surface area contributed by atoms with Gasteiger partial charge in [-0.3, -0.25) is 14.4 Å². The highest BCUT2D eigenvalue weighted by Gasteiger charge is 2.28. The Balaban J connectivity index is 1.98. The van der Waals surface area contributed by atoms with Crippen molar-refractivity contribution in [1.29, 1.82) is 0 Å². The molecule has 1 aliphatic heterocycles. The lowest BCUT2D eigenvalue weighted by Crippen LogP contribution is -2.44. The van der Waals surface area contributed by atoms with Gasteiger partial charge >= 0.3 is 5.97 Å². The van der Waals surface area contributed by atoms with Crippen LogP contribution in [0.15, 0.2) is 24.3 Å². The van der Waals surface area contributed by atoms with Gasteiger partial charge in [0.05, 0.1) is 0 Å². The van der Waals surface area contributed by atoms with Crippen molar-refractivity contribution in [3.63, 3.8) is 0 Å². The van der Waals surface area contributed by atoms with Crippen LogP contribution in [0.3, 0.4) is 0 Å². The number of rotatable bonds is 4. The lowest BCUT2D eigenvalue weighted by Gasteiger charge is -2.16. The molecular weight excluding hydrogens is 248 g/mol. The van der Waals surface area contributed by atoms with Crippen LogP contribution < -0.4 is 5.32 Å². The first-order valence-corrected chi connectivity index (χ1v) is 5.88. The summed E-state index contributed by atoms with van der Waals surface area (Å²) in [7, 11) is 0. The summed E-state index contributed by atoms with van der Waals surface area (Å²) in [5, 5.41) is 11.0. The number of aliphatic carboxylic acids is 1. The molecule has 19 heavy (non-hydrogen) atoms. The summed E-state index contributed by atoms with van der Waals surface area (Å²) in [5.74, 6) is -1.78. The molecule has 0 saturated heterocycles. The van der Waals surface area contributed by atoms with Crippen LogP contribution in [-0.2, 0) is 16.1 Å². The second-order valence-corrected chi connectivity index (χ2v) is 4.45. The van der Waals surface area contributed by atoms with E-state index in [0.29, 0.717) is 12.1 Å². The van der Waals surface area contributed by atoms with E-state index in [2.05, 4.69) is 5.32 Å². The normalized spacial score (nSPS) is 15.0. The molecule has 6 nitrogen and oxygen atoms in total. The van der Waals surface area contributed by atoms with Crippen LogP contribution in [0.25, 0.3) is 0 Å². The number of carbonyl (C=O) groups excluding carboxylic acids is 2. The average Bonchev–Trinajstić information content (AvgIpc) is 2.66. The van der Waals surface area contributed by atoms with Gasteiger partial charge in [0.1, 0.15) is 12.6 Å². The van der Waals surface area contributed by atoms with Crippen molar-refractivity contribution in [1.82, 2.24) is 10.2 Å². The highest BCUT2D eigenvalue weighted by atomic mass is 16.4. The van der Waals surface area contributed by atoms with E-state index < -0.39 is 17.9 Å². The van der Waals surface area contributed by atoms with Gasteiger partial charge in [-0.05, 0) is 18.6 Å². The zero-order chi connectivity index (χ0) is 14.0. The lowest BCUT2D eigenvalue weighted by atomic mass is 10.1. The van der Waals surface area contributed by atoms with Gasteiger partial charge in [-0.2, -0.15) is 0 Å². The quantitative estimate of drug-likeness (QED) is 0.813. The van der Waals surface area contributed by atoms with Crippen LogP contribution in [0.1, 0.15) is 22.8 Å². The third kappa shape index (κ3) is 2.73. The molecule has 1 aliphatic rings. The molecule has 0 aliphatic carbocycles. The van der Waals surface area contributed by atoms with Crippen molar-refractivity contribution in [3.8, 4) is 0 Å². The second-order valence-electron chi connectivity index (χ2n) is 4.45. The van der Waals surface area contributed by atoms with E-state index in [9.17, 15) is 14.4 Å². The molecule has 6 heteroatoms. The van der Waals surface area contributed by atoms with Crippen LogP contribution in [0, 0.1) is 0 Å². The van der Waals surface area contributed by atoms with Gasteiger partial charge in [-0.15, -0.1) is 0 Å². The summed E-state index contributed by atoms with van der Waals surface area (Å²) in [6.45, 7) is 1.62. The molecule has 2 rings (SSSR count). The third-order valence-corrected chi connectivity index (χ3v) is 2.98. The average molecular weight is 262 g/mol. The topological polar surface area (TPSA) is 86.7 Å². The number of amides is 2. The summed E-state index contributed by atoms with van der Waals surface area (Å²) in [6.07, 6.45) is 0. The Morgan fingerprint density at radius 3 is 2.74 bits per heavy atom. The van der Waals surface area contributed by atoms with Crippen molar-refractivity contribution in [3.05, 3.63) is 35.4 Å². The molecule has 0 radical (unpaired) electrons. The minimum atomic E-state index is -1.11. The van der Waals surface area contributed by atoms with Crippen molar-refractivity contribution in [2.75, 3.05) is 6.54 Å². The van der Waals surface area contributed by atoms with E-state index in [4.69, 9.17) is 5.11 Å². The van der Waals surface area contributed by atoms with Gasteiger partial charge in [0, 0.05) is 12.1 Å². The van der Waals surface area contributed by atoms with Gasteiger partial charge < -0.3 is 15.3 Å². The van der Waals surface area contributed by atoms with Gasteiger partial charge in [0.15, 0.2) is 0 Å². The summed E-state index contributed by atoms with van der Waals surface area (Å²) in [4.78, 5) is 35.6. The minimum absolute atomic E-state index is 0.134. The molecule has 0 aromatic heterocycles. The Kier molecular flexibility index (Phi) is 3.50. The number of nitrogens with zero attached hydrogens (tertiary/aromatic N) is 1. The van der Waals surface area contributed by atoms with E-state index >= 15 is 0 Å². The first-order valence-electron chi connectivity index (χ1n) is 5.88. The number of benzene rings is 1. The lowest BCUT2D eigenvalue weighted by molar-refractivity contribution is -0.141. The minimum Gasteiger partial charge on any atom is -0.480 e. The van der Waals surface area contributed by atoms with Gasteiger partial charge in [0.2, 0.25) is 5.91 Å². The number of carbonyl (C=O) groups is 3. The van der Waals surface area contributed by atoms with Crippen molar-refractivity contribution in [2.45, 2.75) is 19.5 Å². The van der Waals surface area contributed by atoms with E-state index in [1.165, 1.54) is 11.8 Å². The molecule has 1 aromatic rings. The summed E-state index contributed by atoms with van der Waals surface area (Å²) in [5.41, 5.74) is 1.48. The molecule has 100 valence electrons. The van der Waals surface area contributed by atoms with Crippen LogP contribution >= 0.6 is 0 Å². The standard InChI is InChI=1S/C13H14N2O4/c1-8(13(18)19)14-11(16)7-15-6-9-4-2-3-5-10(9)12(15)17/h2-5,8H,6-7H2,1H3,(H,14,16)(H,18,19)/t8-/m1/s1. The smallest absolute Gasteiger partial charge is 0.325 e. The monoisotopic (exact) mass is 262 g/mol. The Labute approximate surface area is 110 Å². The van der Waals surface area contributed by atoms with Gasteiger partial charge in [-0.1, -0.05) is 18.2 Å². The number of fused-ring (bicyclic) bond motifs is 1. The fraction of sp³-hybridized carbons (Fsp3) is 0.308. The highest BCUT2D eigenvalue weighted by Crippen LogP contribution is 2.21. The molecule has 0 fully saturated rings. The molecule has 2 amide bonds. The molecule has 1 heterocycles. The predicted molar refractivity (Wildman–Crippen MR) is 66.4 cm³/mol. The number of hydrogen-bond acceptors (Lipinski definition) is 3. The van der Waals surface area contributed by atoms with Crippen molar-refractivity contribution >= 4 is 17.8 Å². The Morgan fingerprint density at radius 2 is 2.11 bits per heavy atom. The van der Waals surface area contributed by atoms with E-state index in [1.54, 1.807) is 12.1 Å². The summed E-state index contributed by atoms with van der Waals surface area (Å²) >= 11 is 0. The summed E-state index contributed by atoms with van der Waals surface area (Å²) in [6, 6.07) is 6.20. The highest BCUT2D eigenvalue weighted by molar-refractivity contribution is 6.00. The number of carboxylic acid groups (broad SMARTS) is 1. The van der Waals surface area contributed by atoms with Crippen LogP contribution in [0.4, 0.5) is 0 Å². The van der Waals surface area contributed by atoms with Crippen LogP contribution in [0.5, 0.6) is 0 Å². The molecule has 2 N–H and O–H groups in total. The predicted octanol–water partition coefficient (Wildman–Crippen LogP) is 0.232. The molecule has 0 spiro atoms. The number of carboxylic acids is 1. The third-order valence-electron chi connectivity index (χ3n) is 2.98.